The predicted molar refractivity (Wildman–Crippen MR) is 89.0 cm³/mol. The topological polar surface area (TPSA) is 73.1 Å². The normalized spacial score (nSPS) is 17.8. The van der Waals surface area contributed by atoms with E-state index in [0.717, 1.165) is 36.5 Å². The van der Waals surface area contributed by atoms with Crippen molar-refractivity contribution in [1.82, 2.24) is 24.9 Å². The Kier molecular flexibility index (Phi) is 4.51. The lowest BCUT2D eigenvalue weighted by Crippen LogP contribution is -2.44. The summed E-state index contributed by atoms with van der Waals surface area (Å²) in [5, 5.41) is 12.4. The number of carbonyl (C=O) groups excluding carboxylic acids is 1. The molecule has 1 atom stereocenters. The molecule has 0 radical (unpaired) electrons. The van der Waals surface area contributed by atoms with Crippen LogP contribution >= 0.6 is 0 Å². The maximum atomic E-state index is 12.9. The number of hydrogen-bond acceptors (Lipinski definition) is 5. The number of aromatic nitrogens is 4. The zero-order valence-electron chi connectivity index (χ0n) is 14.6. The van der Waals surface area contributed by atoms with E-state index < -0.39 is 0 Å². The van der Waals surface area contributed by atoms with Gasteiger partial charge < -0.3 is 9.64 Å². The molecule has 2 aromatic heterocycles. The Balaban J connectivity index is 1.71. The lowest BCUT2D eigenvalue weighted by atomic mass is 10.1. The van der Waals surface area contributed by atoms with Crippen LogP contribution in [0.2, 0.25) is 0 Å². The van der Waals surface area contributed by atoms with Crippen molar-refractivity contribution in [2.24, 2.45) is 7.05 Å². The molecule has 1 saturated heterocycles. The van der Waals surface area contributed by atoms with E-state index >= 15 is 0 Å². The molecule has 3 rings (SSSR count). The zero-order chi connectivity index (χ0) is 17.3. The van der Waals surface area contributed by atoms with Gasteiger partial charge in [-0.15, -0.1) is 5.10 Å². The molecule has 128 valence electrons. The highest BCUT2D eigenvalue weighted by molar-refractivity contribution is 5.96. The quantitative estimate of drug-likeness (QED) is 0.859. The van der Waals surface area contributed by atoms with Gasteiger partial charge in [-0.25, -0.2) is 0 Å². The van der Waals surface area contributed by atoms with Gasteiger partial charge in [0.1, 0.15) is 6.10 Å². The van der Waals surface area contributed by atoms with Crippen molar-refractivity contribution in [2.45, 2.75) is 39.7 Å². The molecule has 24 heavy (non-hydrogen) atoms. The summed E-state index contributed by atoms with van der Waals surface area (Å²) in [5.74, 6) is 0.537. The van der Waals surface area contributed by atoms with Gasteiger partial charge in [0.05, 0.1) is 23.5 Å². The Bertz CT molecular complexity index is 738. The summed E-state index contributed by atoms with van der Waals surface area (Å²) in [6, 6.07) is 3.69. The summed E-state index contributed by atoms with van der Waals surface area (Å²) in [6.45, 7) is 6.98. The average molecular weight is 329 g/mol. The summed E-state index contributed by atoms with van der Waals surface area (Å²) in [6.07, 6.45) is 1.76. The molecule has 1 fully saturated rings. The summed E-state index contributed by atoms with van der Waals surface area (Å²) in [5.41, 5.74) is 3.22. The maximum Gasteiger partial charge on any atom is 0.257 e. The molecule has 7 heteroatoms. The van der Waals surface area contributed by atoms with Gasteiger partial charge in [-0.1, -0.05) is 0 Å². The first-order chi connectivity index (χ1) is 11.5. The SMILES string of the molecule is Cc1ccc(OC2CCCN(C(=O)c3c(C)nn(C)c3C)C2)nn1. The van der Waals surface area contributed by atoms with E-state index in [9.17, 15) is 4.79 Å². The van der Waals surface area contributed by atoms with E-state index in [4.69, 9.17) is 4.74 Å². The number of carbonyl (C=O) groups is 1. The van der Waals surface area contributed by atoms with Gasteiger partial charge in [0.2, 0.25) is 5.88 Å². The third kappa shape index (κ3) is 3.25. The molecule has 0 N–H and O–H groups in total. The van der Waals surface area contributed by atoms with Gasteiger partial charge in [-0.2, -0.15) is 10.2 Å². The lowest BCUT2D eigenvalue weighted by molar-refractivity contribution is 0.0524. The Morgan fingerprint density at radius 1 is 1.25 bits per heavy atom. The number of nitrogens with zero attached hydrogens (tertiary/aromatic N) is 5. The van der Waals surface area contributed by atoms with Crippen LogP contribution in [0, 0.1) is 20.8 Å². The van der Waals surface area contributed by atoms with Gasteiger partial charge in [-0.05, 0) is 39.7 Å². The Morgan fingerprint density at radius 3 is 2.67 bits per heavy atom. The Labute approximate surface area is 141 Å². The highest BCUT2D eigenvalue weighted by Gasteiger charge is 2.29. The lowest BCUT2D eigenvalue weighted by Gasteiger charge is -2.32. The second-order valence-corrected chi connectivity index (χ2v) is 6.32. The Morgan fingerprint density at radius 2 is 2.04 bits per heavy atom. The van der Waals surface area contributed by atoms with Crippen molar-refractivity contribution < 1.29 is 9.53 Å². The second kappa shape index (κ2) is 6.59. The number of aryl methyl sites for hydroxylation is 3. The van der Waals surface area contributed by atoms with Crippen molar-refractivity contribution in [2.75, 3.05) is 13.1 Å². The minimum absolute atomic E-state index is 0.0291. The molecular weight excluding hydrogens is 306 g/mol. The smallest absolute Gasteiger partial charge is 0.257 e. The average Bonchev–Trinajstić information content (AvgIpc) is 2.82. The minimum atomic E-state index is -0.0583. The van der Waals surface area contributed by atoms with Gasteiger partial charge in [0.15, 0.2) is 0 Å². The highest BCUT2D eigenvalue weighted by atomic mass is 16.5. The van der Waals surface area contributed by atoms with Crippen LogP contribution < -0.4 is 4.74 Å². The fraction of sp³-hybridized carbons (Fsp3) is 0.529. The van der Waals surface area contributed by atoms with Gasteiger partial charge >= 0.3 is 0 Å². The number of piperidine rings is 1. The fourth-order valence-electron chi connectivity index (χ4n) is 3.08. The van der Waals surface area contributed by atoms with Crippen LogP contribution in [0.15, 0.2) is 12.1 Å². The van der Waals surface area contributed by atoms with Gasteiger partial charge in [0, 0.05) is 25.4 Å². The number of ether oxygens (including phenoxy) is 1. The van der Waals surface area contributed by atoms with Crippen LogP contribution in [-0.4, -0.2) is 50.0 Å². The van der Waals surface area contributed by atoms with Crippen LogP contribution in [0.4, 0.5) is 0 Å². The molecule has 1 amide bonds. The van der Waals surface area contributed by atoms with E-state index in [-0.39, 0.29) is 12.0 Å². The first-order valence-electron chi connectivity index (χ1n) is 8.22. The van der Waals surface area contributed by atoms with E-state index in [1.165, 1.54) is 0 Å². The molecular formula is C17H23N5O2. The minimum Gasteiger partial charge on any atom is -0.471 e. The van der Waals surface area contributed by atoms with E-state index in [2.05, 4.69) is 15.3 Å². The predicted octanol–water partition coefficient (Wildman–Crippen LogP) is 1.82. The first kappa shape index (κ1) is 16.4. The molecule has 0 bridgehead atoms. The fourth-order valence-corrected chi connectivity index (χ4v) is 3.08. The summed E-state index contributed by atoms with van der Waals surface area (Å²) < 4.78 is 7.66. The number of rotatable bonds is 3. The number of likely N-dealkylation sites (tertiary alicyclic amines) is 1. The number of hydrogen-bond donors (Lipinski definition) is 0. The third-order valence-electron chi connectivity index (χ3n) is 4.45. The maximum absolute atomic E-state index is 12.9. The number of amides is 1. The molecule has 0 aromatic carbocycles. The Hall–Kier alpha value is -2.44. The molecule has 1 aliphatic rings. The van der Waals surface area contributed by atoms with Crippen molar-refractivity contribution in [3.8, 4) is 5.88 Å². The highest BCUT2D eigenvalue weighted by Crippen LogP contribution is 2.21. The monoisotopic (exact) mass is 329 g/mol. The zero-order valence-corrected chi connectivity index (χ0v) is 14.6. The largest absolute Gasteiger partial charge is 0.471 e. The molecule has 7 nitrogen and oxygen atoms in total. The second-order valence-electron chi connectivity index (χ2n) is 6.32. The van der Waals surface area contributed by atoms with E-state index in [0.29, 0.717) is 18.0 Å². The standard InChI is InChI=1S/C17H23N5O2/c1-11-7-8-15(19-18-11)24-14-6-5-9-22(10-14)17(23)16-12(2)20-21(4)13(16)3/h7-8,14H,5-6,9-10H2,1-4H3. The molecule has 0 saturated carbocycles. The summed E-state index contributed by atoms with van der Waals surface area (Å²) >= 11 is 0. The van der Waals surface area contributed by atoms with Crippen molar-refractivity contribution >= 4 is 5.91 Å². The molecule has 1 aliphatic heterocycles. The van der Waals surface area contributed by atoms with Gasteiger partial charge in [-0.3, -0.25) is 9.48 Å². The van der Waals surface area contributed by atoms with Crippen LogP contribution in [0.3, 0.4) is 0 Å². The van der Waals surface area contributed by atoms with E-state index in [1.54, 1.807) is 4.68 Å². The van der Waals surface area contributed by atoms with Crippen molar-refractivity contribution in [3.05, 3.63) is 34.8 Å². The van der Waals surface area contributed by atoms with Crippen LogP contribution in [-0.2, 0) is 7.05 Å². The third-order valence-corrected chi connectivity index (χ3v) is 4.45. The molecule has 3 heterocycles. The van der Waals surface area contributed by atoms with Crippen LogP contribution in [0.1, 0.15) is 40.3 Å². The molecule has 0 spiro atoms. The summed E-state index contributed by atoms with van der Waals surface area (Å²) in [4.78, 5) is 14.7. The molecule has 2 aromatic rings. The van der Waals surface area contributed by atoms with Crippen LogP contribution in [0.5, 0.6) is 5.88 Å². The van der Waals surface area contributed by atoms with Crippen molar-refractivity contribution in [3.63, 3.8) is 0 Å². The summed E-state index contributed by atoms with van der Waals surface area (Å²) in [7, 11) is 1.86. The first-order valence-corrected chi connectivity index (χ1v) is 8.22. The van der Waals surface area contributed by atoms with Crippen molar-refractivity contribution in [1.29, 1.82) is 0 Å². The van der Waals surface area contributed by atoms with Crippen LogP contribution in [0.25, 0.3) is 0 Å². The molecule has 0 aliphatic carbocycles. The van der Waals surface area contributed by atoms with E-state index in [1.807, 2.05) is 44.9 Å². The van der Waals surface area contributed by atoms with Gasteiger partial charge in [0.25, 0.3) is 5.91 Å². The molecule has 1 unspecified atom stereocenters.